The van der Waals surface area contributed by atoms with Gasteiger partial charge in [0.15, 0.2) is 0 Å². The third kappa shape index (κ3) is 2.20. The third-order valence-electron chi connectivity index (χ3n) is 5.40. The lowest BCUT2D eigenvalue weighted by molar-refractivity contribution is -0.137. The minimum atomic E-state index is -0.301. The van der Waals surface area contributed by atoms with Crippen molar-refractivity contribution in [2.75, 3.05) is 13.1 Å². The van der Waals surface area contributed by atoms with Crippen molar-refractivity contribution in [1.82, 2.24) is 15.5 Å². The molecule has 1 amide bonds. The van der Waals surface area contributed by atoms with E-state index >= 15 is 0 Å². The van der Waals surface area contributed by atoms with Crippen LogP contribution in [0.1, 0.15) is 24.5 Å². The Morgan fingerprint density at radius 2 is 2.04 bits per heavy atom. The van der Waals surface area contributed by atoms with Crippen molar-refractivity contribution in [2.45, 2.75) is 37.9 Å². The molecule has 3 aliphatic heterocycles. The average Bonchev–Trinajstić information content (AvgIpc) is 2.92. The maximum atomic E-state index is 13.0. The lowest BCUT2D eigenvalue weighted by Gasteiger charge is -2.51. The molecule has 0 radical (unpaired) electrons. The highest BCUT2D eigenvalue weighted by Crippen LogP contribution is 2.41. The van der Waals surface area contributed by atoms with Gasteiger partial charge in [-0.15, -0.1) is 0 Å². The van der Waals surface area contributed by atoms with Crippen LogP contribution in [0.4, 0.5) is 0 Å². The molecule has 2 N–H and O–H groups in total. The van der Waals surface area contributed by atoms with E-state index in [-0.39, 0.29) is 17.1 Å². The number of allylic oxidation sites excluding steroid dienone is 2. The number of piperidine rings is 1. The van der Waals surface area contributed by atoms with Gasteiger partial charge in [-0.2, -0.15) is 0 Å². The molecule has 1 aromatic rings. The predicted molar refractivity (Wildman–Crippen MR) is 90.7 cm³/mol. The Labute approximate surface area is 137 Å². The van der Waals surface area contributed by atoms with Crippen molar-refractivity contribution >= 4 is 5.91 Å². The van der Waals surface area contributed by atoms with Crippen LogP contribution in [0.3, 0.4) is 0 Å². The summed E-state index contributed by atoms with van der Waals surface area (Å²) in [6.07, 6.45) is 7.54. The van der Waals surface area contributed by atoms with Gasteiger partial charge in [-0.05, 0) is 37.8 Å². The summed E-state index contributed by atoms with van der Waals surface area (Å²) in [5.74, 6) is 0.160. The maximum Gasteiger partial charge on any atom is 0.253 e. The van der Waals surface area contributed by atoms with Crippen LogP contribution >= 0.6 is 0 Å². The normalized spacial score (nSPS) is 32.2. The molecule has 0 aliphatic carbocycles. The highest BCUT2D eigenvalue weighted by atomic mass is 16.2. The Balaban J connectivity index is 1.71. The minimum absolute atomic E-state index is 0.160. The molecule has 4 heteroatoms. The molecule has 0 spiro atoms. The van der Waals surface area contributed by atoms with Gasteiger partial charge in [0.25, 0.3) is 5.91 Å². The molecule has 2 saturated heterocycles. The zero-order valence-corrected chi connectivity index (χ0v) is 13.7. The molecule has 1 aromatic carbocycles. The van der Waals surface area contributed by atoms with Gasteiger partial charge < -0.3 is 10.2 Å². The number of carbonyl (C=O) groups excluding carboxylic acids is 1. The van der Waals surface area contributed by atoms with Gasteiger partial charge in [0.1, 0.15) is 5.66 Å². The first-order valence-electron chi connectivity index (χ1n) is 8.30. The number of fused-ring (bicyclic) bond motifs is 2. The van der Waals surface area contributed by atoms with Crippen LogP contribution in [0.2, 0.25) is 0 Å². The molecule has 2 unspecified atom stereocenters. The third-order valence-corrected chi connectivity index (χ3v) is 5.40. The number of rotatable bonds is 2. The van der Waals surface area contributed by atoms with Crippen molar-refractivity contribution in [2.24, 2.45) is 0 Å². The van der Waals surface area contributed by atoms with Gasteiger partial charge in [-0.3, -0.25) is 10.1 Å². The van der Waals surface area contributed by atoms with Gasteiger partial charge >= 0.3 is 0 Å². The first-order valence-corrected chi connectivity index (χ1v) is 8.30. The summed E-state index contributed by atoms with van der Waals surface area (Å²) in [7, 11) is 0. The molecule has 23 heavy (non-hydrogen) atoms. The van der Waals surface area contributed by atoms with E-state index in [1.165, 1.54) is 11.1 Å². The number of hydrogen-bond acceptors (Lipinski definition) is 3. The molecule has 0 saturated carbocycles. The quantitative estimate of drug-likeness (QED) is 0.876. The Hall–Kier alpha value is -2.07. The van der Waals surface area contributed by atoms with Crippen molar-refractivity contribution < 1.29 is 4.79 Å². The van der Waals surface area contributed by atoms with E-state index in [1.807, 2.05) is 23.3 Å². The number of aryl methyl sites for hydroxylation is 1. The molecular formula is C19H23N3O. The summed E-state index contributed by atoms with van der Waals surface area (Å²) in [5.41, 5.74) is 2.81. The largest absolute Gasteiger partial charge is 0.381 e. The Morgan fingerprint density at radius 3 is 2.83 bits per heavy atom. The van der Waals surface area contributed by atoms with Crippen molar-refractivity contribution in [3.63, 3.8) is 0 Å². The molecule has 4 rings (SSSR count). The van der Waals surface area contributed by atoms with E-state index in [0.29, 0.717) is 0 Å². The minimum Gasteiger partial charge on any atom is -0.381 e. The summed E-state index contributed by atoms with van der Waals surface area (Å²) in [6.45, 7) is 5.87. The smallest absolute Gasteiger partial charge is 0.253 e. The molecule has 3 heterocycles. The van der Waals surface area contributed by atoms with Crippen LogP contribution in [0.25, 0.3) is 0 Å². The second kappa shape index (κ2) is 4.96. The van der Waals surface area contributed by atoms with Gasteiger partial charge in [-0.1, -0.05) is 29.8 Å². The first-order chi connectivity index (χ1) is 11.0. The standard InChI is InChI=1S/C19H23N3O/c1-14-5-7-15(8-6-14)12-19-13-18(2)16(4-3-9-20-18)17(23)22(19)11-10-21-19/h3-9,20-21H,10-13H2,1-2H3. The van der Waals surface area contributed by atoms with Crippen molar-refractivity contribution in [3.8, 4) is 0 Å². The zero-order valence-electron chi connectivity index (χ0n) is 13.7. The molecule has 2 atom stereocenters. The number of nitrogens with zero attached hydrogens (tertiary/aromatic N) is 1. The highest BCUT2D eigenvalue weighted by molar-refractivity contribution is 5.98. The van der Waals surface area contributed by atoms with E-state index < -0.39 is 0 Å². The van der Waals surface area contributed by atoms with Gasteiger partial charge in [-0.25, -0.2) is 0 Å². The molecular weight excluding hydrogens is 286 g/mol. The van der Waals surface area contributed by atoms with Gasteiger partial charge in [0.2, 0.25) is 0 Å². The predicted octanol–water partition coefficient (Wildman–Crippen LogP) is 1.87. The summed E-state index contributed by atoms with van der Waals surface area (Å²) in [4.78, 5) is 15.1. The number of nitrogens with one attached hydrogen (secondary N) is 2. The van der Waals surface area contributed by atoms with Crippen LogP contribution in [0.5, 0.6) is 0 Å². The fourth-order valence-corrected chi connectivity index (χ4v) is 4.25. The SMILES string of the molecule is Cc1ccc(CC23CC4(C)NC=CC=C4C(=O)N2CCN3)cc1. The number of dihydropyridines is 1. The van der Waals surface area contributed by atoms with E-state index in [1.54, 1.807) is 0 Å². The molecule has 3 aliphatic rings. The summed E-state index contributed by atoms with van der Waals surface area (Å²) < 4.78 is 0. The number of benzene rings is 1. The lowest BCUT2D eigenvalue weighted by atomic mass is 9.74. The topological polar surface area (TPSA) is 44.4 Å². The number of amides is 1. The van der Waals surface area contributed by atoms with E-state index in [0.717, 1.165) is 31.5 Å². The van der Waals surface area contributed by atoms with E-state index in [4.69, 9.17) is 0 Å². The van der Waals surface area contributed by atoms with Crippen LogP contribution in [0.15, 0.2) is 48.2 Å². The monoisotopic (exact) mass is 309 g/mol. The lowest BCUT2D eigenvalue weighted by Crippen LogP contribution is -2.67. The van der Waals surface area contributed by atoms with Gasteiger partial charge in [0, 0.05) is 31.5 Å². The second-order valence-corrected chi connectivity index (χ2v) is 7.17. The van der Waals surface area contributed by atoms with Gasteiger partial charge in [0.05, 0.1) is 5.54 Å². The summed E-state index contributed by atoms with van der Waals surface area (Å²) in [5, 5.41) is 7.06. The summed E-state index contributed by atoms with van der Waals surface area (Å²) in [6, 6.07) is 8.64. The zero-order chi connectivity index (χ0) is 16.1. The van der Waals surface area contributed by atoms with Crippen LogP contribution in [-0.2, 0) is 11.2 Å². The Morgan fingerprint density at radius 1 is 1.26 bits per heavy atom. The fraction of sp³-hybridized carbons (Fsp3) is 0.421. The average molecular weight is 309 g/mol. The van der Waals surface area contributed by atoms with Crippen LogP contribution in [0, 0.1) is 6.92 Å². The second-order valence-electron chi connectivity index (χ2n) is 7.17. The Kier molecular flexibility index (Phi) is 3.13. The molecule has 0 bridgehead atoms. The van der Waals surface area contributed by atoms with Crippen LogP contribution in [-0.4, -0.2) is 35.1 Å². The highest BCUT2D eigenvalue weighted by Gasteiger charge is 2.55. The maximum absolute atomic E-state index is 13.0. The number of hydrogen-bond donors (Lipinski definition) is 2. The van der Waals surface area contributed by atoms with Crippen molar-refractivity contribution in [1.29, 1.82) is 0 Å². The van der Waals surface area contributed by atoms with E-state index in [9.17, 15) is 4.79 Å². The molecule has 2 fully saturated rings. The van der Waals surface area contributed by atoms with Crippen molar-refractivity contribution in [3.05, 3.63) is 59.3 Å². The molecule has 120 valence electrons. The summed E-state index contributed by atoms with van der Waals surface area (Å²) >= 11 is 0. The molecule has 0 aromatic heterocycles. The van der Waals surface area contributed by atoms with E-state index in [2.05, 4.69) is 48.7 Å². The number of carbonyl (C=O) groups is 1. The first kappa shape index (κ1) is 14.5. The van der Waals surface area contributed by atoms with Crippen LogP contribution < -0.4 is 10.6 Å². The Bertz CT molecular complexity index is 706. The fourth-order valence-electron chi connectivity index (χ4n) is 4.25. The molecule has 4 nitrogen and oxygen atoms in total.